The maximum Gasteiger partial charge on any atom is 0.344 e. The SMILES string of the molecule is CCNc1cc2oc(=O)c(-c3ccccc3)cc2cc1C. The van der Waals surface area contributed by atoms with Crippen LogP contribution in [-0.4, -0.2) is 6.54 Å². The summed E-state index contributed by atoms with van der Waals surface area (Å²) in [6.45, 7) is 4.92. The minimum absolute atomic E-state index is 0.306. The zero-order valence-electron chi connectivity index (χ0n) is 12.1. The van der Waals surface area contributed by atoms with Gasteiger partial charge in [0.15, 0.2) is 0 Å². The maximum absolute atomic E-state index is 12.2. The van der Waals surface area contributed by atoms with E-state index in [0.717, 1.165) is 28.7 Å². The van der Waals surface area contributed by atoms with Gasteiger partial charge in [0, 0.05) is 23.7 Å². The Kier molecular flexibility index (Phi) is 3.48. The van der Waals surface area contributed by atoms with E-state index in [9.17, 15) is 4.79 Å². The molecule has 0 radical (unpaired) electrons. The average molecular weight is 279 g/mol. The summed E-state index contributed by atoms with van der Waals surface area (Å²) >= 11 is 0. The van der Waals surface area contributed by atoms with Gasteiger partial charge in [0.2, 0.25) is 0 Å². The number of hydrogen-bond acceptors (Lipinski definition) is 3. The molecule has 21 heavy (non-hydrogen) atoms. The Morgan fingerprint density at radius 3 is 2.57 bits per heavy atom. The first kappa shape index (κ1) is 13.4. The largest absolute Gasteiger partial charge is 0.422 e. The van der Waals surface area contributed by atoms with E-state index in [2.05, 4.69) is 5.32 Å². The van der Waals surface area contributed by atoms with Crippen molar-refractivity contribution in [2.75, 3.05) is 11.9 Å². The lowest BCUT2D eigenvalue weighted by Gasteiger charge is -2.09. The van der Waals surface area contributed by atoms with Crippen LogP contribution < -0.4 is 10.9 Å². The number of nitrogens with one attached hydrogen (secondary N) is 1. The van der Waals surface area contributed by atoms with Crippen molar-refractivity contribution in [3.8, 4) is 11.1 Å². The van der Waals surface area contributed by atoms with Crippen molar-refractivity contribution in [2.24, 2.45) is 0 Å². The fourth-order valence-corrected chi connectivity index (χ4v) is 2.48. The van der Waals surface area contributed by atoms with Gasteiger partial charge in [0.05, 0.1) is 5.56 Å². The van der Waals surface area contributed by atoms with Gasteiger partial charge in [-0.3, -0.25) is 0 Å². The van der Waals surface area contributed by atoms with Gasteiger partial charge in [-0.05, 0) is 37.1 Å². The Labute approximate surface area is 123 Å². The van der Waals surface area contributed by atoms with E-state index in [1.165, 1.54) is 0 Å². The molecule has 1 aromatic heterocycles. The molecule has 0 aliphatic carbocycles. The second-order valence-electron chi connectivity index (χ2n) is 5.05. The Hall–Kier alpha value is -2.55. The predicted molar refractivity (Wildman–Crippen MR) is 86.8 cm³/mol. The van der Waals surface area contributed by atoms with Crippen molar-refractivity contribution >= 4 is 16.7 Å². The molecule has 0 saturated heterocycles. The fraction of sp³-hybridized carbons (Fsp3) is 0.167. The first-order valence-corrected chi connectivity index (χ1v) is 7.07. The number of rotatable bonds is 3. The predicted octanol–water partition coefficient (Wildman–Crippen LogP) is 4.20. The molecular formula is C18H17NO2. The van der Waals surface area contributed by atoms with Crippen LogP contribution in [0.4, 0.5) is 5.69 Å². The minimum Gasteiger partial charge on any atom is -0.422 e. The molecule has 3 heteroatoms. The molecule has 1 N–H and O–H groups in total. The summed E-state index contributed by atoms with van der Waals surface area (Å²) in [5, 5.41) is 4.21. The lowest BCUT2D eigenvalue weighted by Crippen LogP contribution is -2.04. The Morgan fingerprint density at radius 1 is 1.10 bits per heavy atom. The number of anilines is 1. The summed E-state index contributed by atoms with van der Waals surface area (Å²) in [5.74, 6) is 0. The van der Waals surface area contributed by atoms with Gasteiger partial charge in [-0.1, -0.05) is 30.3 Å². The van der Waals surface area contributed by atoms with E-state index in [1.54, 1.807) is 0 Å². The Balaban J connectivity index is 2.21. The third-order valence-corrected chi connectivity index (χ3v) is 3.53. The van der Waals surface area contributed by atoms with Crippen molar-refractivity contribution in [3.63, 3.8) is 0 Å². The quantitative estimate of drug-likeness (QED) is 0.731. The van der Waals surface area contributed by atoms with Crippen LogP contribution in [0.2, 0.25) is 0 Å². The third-order valence-electron chi connectivity index (χ3n) is 3.53. The van der Waals surface area contributed by atoms with Crippen LogP contribution >= 0.6 is 0 Å². The molecule has 3 nitrogen and oxygen atoms in total. The molecule has 0 bridgehead atoms. The van der Waals surface area contributed by atoms with Gasteiger partial charge in [-0.15, -0.1) is 0 Å². The van der Waals surface area contributed by atoms with Crippen LogP contribution in [0.5, 0.6) is 0 Å². The first-order chi connectivity index (χ1) is 10.2. The lowest BCUT2D eigenvalue weighted by atomic mass is 10.0. The molecule has 0 atom stereocenters. The summed E-state index contributed by atoms with van der Waals surface area (Å²) < 4.78 is 5.49. The molecule has 0 spiro atoms. The number of hydrogen-bond donors (Lipinski definition) is 1. The van der Waals surface area contributed by atoms with Crippen LogP contribution in [-0.2, 0) is 0 Å². The first-order valence-electron chi connectivity index (χ1n) is 7.07. The lowest BCUT2D eigenvalue weighted by molar-refractivity contribution is 0.563. The second-order valence-corrected chi connectivity index (χ2v) is 5.05. The van der Waals surface area contributed by atoms with Gasteiger partial charge >= 0.3 is 5.63 Å². The van der Waals surface area contributed by atoms with Crippen molar-refractivity contribution in [1.29, 1.82) is 0 Å². The normalized spacial score (nSPS) is 10.8. The summed E-state index contributed by atoms with van der Waals surface area (Å²) in [7, 11) is 0. The van der Waals surface area contributed by atoms with Gasteiger partial charge in [0.25, 0.3) is 0 Å². The van der Waals surface area contributed by atoms with Gasteiger partial charge in [-0.2, -0.15) is 0 Å². The number of aryl methyl sites for hydroxylation is 1. The van der Waals surface area contributed by atoms with E-state index in [1.807, 2.05) is 62.4 Å². The maximum atomic E-state index is 12.2. The summed E-state index contributed by atoms with van der Waals surface area (Å²) in [5.41, 5.74) is 3.92. The molecule has 0 unspecified atom stereocenters. The number of fused-ring (bicyclic) bond motifs is 1. The highest BCUT2D eigenvalue weighted by molar-refractivity contribution is 5.85. The summed E-state index contributed by atoms with van der Waals surface area (Å²) in [6.07, 6.45) is 0. The molecule has 2 aromatic carbocycles. The molecule has 0 saturated carbocycles. The molecular weight excluding hydrogens is 262 g/mol. The zero-order chi connectivity index (χ0) is 14.8. The summed E-state index contributed by atoms with van der Waals surface area (Å²) in [6, 6.07) is 15.4. The van der Waals surface area contributed by atoms with Crippen LogP contribution in [0.3, 0.4) is 0 Å². The van der Waals surface area contributed by atoms with Crippen molar-refractivity contribution in [3.05, 3.63) is 64.5 Å². The van der Waals surface area contributed by atoms with E-state index in [4.69, 9.17) is 4.42 Å². The smallest absolute Gasteiger partial charge is 0.344 e. The Morgan fingerprint density at radius 2 is 1.86 bits per heavy atom. The minimum atomic E-state index is -0.306. The van der Waals surface area contributed by atoms with Gasteiger partial charge < -0.3 is 9.73 Å². The Bertz CT molecular complexity index is 835. The molecule has 0 amide bonds. The van der Waals surface area contributed by atoms with Gasteiger partial charge in [-0.25, -0.2) is 4.79 Å². The average Bonchev–Trinajstić information content (AvgIpc) is 2.49. The highest BCUT2D eigenvalue weighted by Gasteiger charge is 2.09. The van der Waals surface area contributed by atoms with Crippen molar-refractivity contribution < 1.29 is 4.42 Å². The monoisotopic (exact) mass is 279 g/mol. The summed E-state index contributed by atoms with van der Waals surface area (Å²) in [4.78, 5) is 12.2. The van der Waals surface area contributed by atoms with Crippen LogP contribution in [0.15, 0.2) is 57.7 Å². The van der Waals surface area contributed by atoms with E-state index in [0.29, 0.717) is 11.1 Å². The fourth-order valence-electron chi connectivity index (χ4n) is 2.48. The van der Waals surface area contributed by atoms with E-state index < -0.39 is 0 Å². The second kappa shape index (κ2) is 5.44. The molecule has 1 heterocycles. The molecule has 3 aromatic rings. The van der Waals surface area contributed by atoms with Crippen molar-refractivity contribution in [2.45, 2.75) is 13.8 Å². The molecule has 106 valence electrons. The van der Waals surface area contributed by atoms with Gasteiger partial charge in [0.1, 0.15) is 5.58 Å². The molecule has 0 aliphatic rings. The molecule has 3 rings (SSSR count). The topological polar surface area (TPSA) is 42.2 Å². The van der Waals surface area contributed by atoms with Crippen LogP contribution in [0, 0.1) is 6.92 Å². The standard InChI is InChI=1S/C18H17NO2/c1-3-19-16-11-17-14(9-12(16)2)10-15(18(20)21-17)13-7-5-4-6-8-13/h4-11,19H,3H2,1-2H3. The zero-order valence-corrected chi connectivity index (χ0v) is 12.1. The van der Waals surface area contributed by atoms with E-state index in [-0.39, 0.29) is 5.63 Å². The van der Waals surface area contributed by atoms with Crippen molar-refractivity contribution in [1.82, 2.24) is 0 Å². The van der Waals surface area contributed by atoms with Crippen LogP contribution in [0.25, 0.3) is 22.1 Å². The molecule has 0 aliphatic heterocycles. The van der Waals surface area contributed by atoms with Crippen LogP contribution in [0.1, 0.15) is 12.5 Å². The van der Waals surface area contributed by atoms with E-state index >= 15 is 0 Å². The number of benzene rings is 2. The highest BCUT2D eigenvalue weighted by atomic mass is 16.4. The third kappa shape index (κ3) is 2.55. The highest BCUT2D eigenvalue weighted by Crippen LogP contribution is 2.26. The molecule has 0 fully saturated rings.